The highest BCUT2D eigenvalue weighted by atomic mass is 79.9. The third kappa shape index (κ3) is 3.58. The SMILES string of the molecule is O=C(Nc1nnc(CCN2C(=O)c3ccccc3C2=O)s1)c1ccc(Br)cc1. The summed E-state index contributed by atoms with van der Waals surface area (Å²) < 4.78 is 0.885. The van der Waals surface area contributed by atoms with Gasteiger partial charge in [-0.2, -0.15) is 0 Å². The molecule has 1 N–H and O–H groups in total. The van der Waals surface area contributed by atoms with Gasteiger partial charge in [0, 0.05) is 23.0 Å². The van der Waals surface area contributed by atoms with Crippen LogP contribution in [-0.4, -0.2) is 39.4 Å². The molecule has 3 aromatic rings. The Morgan fingerprint density at radius 2 is 1.64 bits per heavy atom. The Morgan fingerprint density at radius 1 is 1.00 bits per heavy atom. The van der Waals surface area contributed by atoms with Crippen LogP contribution in [0.25, 0.3) is 0 Å². The number of nitrogens with zero attached hydrogens (tertiary/aromatic N) is 3. The fraction of sp³-hybridized carbons (Fsp3) is 0.105. The zero-order valence-corrected chi connectivity index (χ0v) is 16.8. The van der Waals surface area contributed by atoms with Crippen LogP contribution in [0.2, 0.25) is 0 Å². The Bertz CT molecular complexity index is 1050. The quantitative estimate of drug-likeness (QED) is 0.593. The molecule has 0 spiro atoms. The molecular weight excluding hydrogens is 444 g/mol. The first-order chi connectivity index (χ1) is 13.5. The van der Waals surface area contributed by atoms with Crippen molar-refractivity contribution >= 4 is 50.1 Å². The maximum absolute atomic E-state index is 12.4. The number of aromatic nitrogens is 2. The van der Waals surface area contributed by atoms with E-state index in [1.165, 1.54) is 16.2 Å². The molecule has 1 aliphatic heterocycles. The molecular formula is C19H13BrN4O3S. The van der Waals surface area contributed by atoms with E-state index in [9.17, 15) is 14.4 Å². The van der Waals surface area contributed by atoms with Gasteiger partial charge in [-0.05, 0) is 36.4 Å². The molecule has 0 fully saturated rings. The molecule has 0 bridgehead atoms. The second-order valence-corrected chi connectivity index (χ2v) is 8.00. The zero-order valence-electron chi connectivity index (χ0n) is 14.4. The Hall–Kier alpha value is -2.91. The second kappa shape index (κ2) is 7.61. The van der Waals surface area contributed by atoms with Crippen LogP contribution in [0.3, 0.4) is 0 Å². The summed E-state index contributed by atoms with van der Waals surface area (Å²) in [5.41, 5.74) is 1.35. The number of nitrogens with one attached hydrogen (secondary N) is 1. The normalized spacial score (nSPS) is 13.0. The maximum Gasteiger partial charge on any atom is 0.261 e. The number of anilines is 1. The Balaban J connectivity index is 1.38. The standard InChI is InChI=1S/C19H13BrN4O3S/c20-12-7-5-11(6-8-12)16(25)21-19-23-22-15(28-19)9-10-24-17(26)13-3-1-2-4-14(13)18(24)27/h1-8H,9-10H2,(H,21,23,25). The molecule has 0 unspecified atom stereocenters. The van der Waals surface area contributed by atoms with Gasteiger partial charge in [-0.25, -0.2) is 0 Å². The molecule has 0 aliphatic carbocycles. The van der Waals surface area contributed by atoms with E-state index >= 15 is 0 Å². The molecule has 3 amide bonds. The lowest BCUT2D eigenvalue weighted by atomic mass is 10.1. The van der Waals surface area contributed by atoms with Crippen LogP contribution in [0.5, 0.6) is 0 Å². The molecule has 0 atom stereocenters. The van der Waals surface area contributed by atoms with Crippen LogP contribution < -0.4 is 5.32 Å². The van der Waals surface area contributed by atoms with Crippen LogP contribution in [0, 0.1) is 0 Å². The van der Waals surface area contributed by atoms with E-state index in [4.69, 9.17) is 0 Å². The molecule has 0 radical (unpaired) electrons. The average molecular weight is 457 g/mol. The molecule has 2 aromatic carbocycles. The largest absolute Gasteiger partial charge is 0.296 e. The van der Waals surface area contributed by atoms with Gasteiger partial charge in [0.1, 0.15) is 5.01 Å². The Labute approximate surface area is 172 Å². The number of hydrogen-bond donors (Lipinski definition) is 1. The summed E-state index contributed by atoms with van der Waals surface area (Å²) in [4.78, 5) is 38.2. The topological polar surface area (TPSA) is 92.3 Å². The molecule has 140 valence electrons. The van der Waals surface area contributed by atoms with E-state index in [-0.39, 0.29) is 24.3 Å². The van der Waals surface area contributed by atoms with Crippen LogP contribution >= 0.6 is 27.3 Å². The van der Waals surface area contributed by atoms with Crippen LogP contribution in [0.1, 0.15) is 36.1 Å². The minimum Gasteiger partial charge on any atom is -0.296 e. The van der Waals surface area contributed by atoms with Crippen molar-refractivity contribution in [2.75, 3.05) is 11.9 Å². The summed E-state index contributed by atoms with van der Waals surface area (Å²) >= 11 is 4.54. The summed E-state index contributed by atoms with van der Waals surface area (Å²) in [6.45, 7) is 0.210. The van der Waals surface area contributed by atoms with Crippen molar-refractivity contribution < 1.29 is 14.4 Å². The first-order valence-electron chi connectivity index (χ1n) is 8.37. The van der Waals surface area contributed by atoms with E-state index in [0.717, 1.165) is 4.47 Å². The molecule has 4 rings (SSSR count). The van der Waals surface area contributed by atoms with Gasteiger partial charge in [0.2, 0.25) is 5.13 Å². The van der Waals surface area contributed by atoms with Crippen molar-refractivity contribution in [3.05, 3.63) is 74.7 Å². The van der Waals surface area contributed by atoms with Gasteiger partial charge < -0.3 is 0 Å². The molecule has 7 nitrogen and oxygen atoms in total. The molecule has 1 aromatic heterocycles. The van der Waals surface area contributed by atoms with E-state index in [0.29, 0.717) is 33.3 Å². The first kappa shape index (κ1) is 18.5. The van der Waals surface area contributed by atoms with Crippen LogP contribution in [0.15, 0.2) is 53.0 Å². The summed E-state index contributed by atoms with van der Waals surface area (Å²) in [5.74, 6) is -0.877. The van der Waals surface area contributed by atoms with Crippen molar-refractivity contribution in [1.82, 2.24) is 15.1 Å². The summed E-state index contributed by atoms with van der Waals surface area (Å²) in [6, 6.07) is 13.7. The van der Waals surface area contributed by atoms with Crippen LogP contribution in [0.4, 0.5) is 5.13 Å². The second-order valence-electron chi connectivity index (χ2n) is 6.02. The number of fused-ring (bicyclic) bond motifs is 1. The Kier molecular flexibility index (Phi) is 5.01. The van der Waals surface area contributed by atoms with Gasteiger partial charge in [-0.3, -0.25) is 24.6 Å². The van der Waals surface area contributed by atoms with Crippen LogP contribution in [-0.2, 0) is 6.42 Å². The highest BCUT2D eigenvalue weighted by Crippen LogP contribution is 2.24. The third-order valence-electron chi connectivity index (χ3n) is 4.22. The number of rotatable bonds is 5. The van der Waals surface area contributed by atoms with Gasteiger partial charge in [0.15, 0.2) is 0 Å². The number of amides is 3. The monoisotopic (exact) mass is 456 g/mol. The van der Waals surface area contributed by atoms with Crippen molar-refractivity contribution in [2.45, 2.75) is 6.42 Å². The van der Waals surface area contributed by atoms with Gasteiger partial charge in [0.25, 0.3) is 17.7 Å². The van der Waals surface area contributed by atoms with Gasteiger partial charge in [-0.15, -0.1) is 10.2 Å². The van der Waals surface area contributed by atoms with Crippen molar-refractivity contribution in [3.8, 4) is 0 Å². The van der Waals surface area contributed by atoms with Gasteiger partial charge in [-0.1, -0.05) is 39.4 Å². The molecule has 1 aliphatic rings. The number of halogens is 1. The third-order valence-corrected chi connectivity index (χ3v) is 5.65. The maximum atomic E-state index is 12.4. The molecule has 2 heterocycles. The predicted molar refractivity (Wildman–Crippen MR) is 108 cm³/mol. The summed E-state index contributed by atoms with van der Waals surface area (Å²) in [7, 11) is 0. The zero-order chi connectivity index (χ0) is 19.7. The molecule has 0 saturated carbocycles. The highest BCUT2D eigenvalue weighted by Gasteiger charge is 2.34. The number of carbonyl (C=O) groups is 3. The van der Waals surface area contributed by atoms with Crippen molar-refractivity contribution in [3.63, 3.8) is 0 Å². The summed E-state index contributed by atoms with van der Waals surface area (Å²) in [6.07, 6.45) is 0.372. The van der Waals surface area contributed by atoms with Gasteiger partial charge >= 0.3 is 0 Å². The smallest absolute Gasteiger partial charge is 0.261 e. The highest BCUT2D eigenvalue weighted by molar-refractivity contribution is 9.10. The lowest BCUT2D eigenvalue weighted by Gasteiger charge is -2.12. The number of carbonyl (C=O) groups excluding carboxylic acids is 3. The molecule has 9 heteroatoms. The van der Waals surface area contributed by atoms with E-state index < -0.39 is 0 Å². The lowest BCUT2D eigenvalue weighted by Crippen LogP contribution is -2.31. The average Bonchev–Trinajstić information content (AvgIpc) is 3.24. The van der Waals surface area contributed by atoms with E-state index in [2.05, 4.69) is 31.4 Å². The molecule has 28 heavy (non-hydrogen) atoms. The number of imide groups is 1. The minimum atomic E-state index is -0.297. The lowest BCUT2D eigenvalue weighted by molar-refractivity contribution is 0.0655. The van der Waals surface area contributed by atoms with Gasteiger partial charge in [0.05, 0.1) is 11.1 Å². The molecule has 0 saturated heterocycles. The fourth-order valence-corrected chi connectivity index (χ4v) is 3.81. The van der Waals surface area contributed by atoms with E-state index in [1.54, 1.807) is 48.5 Å². The van der Waals surface area contributed by atoms with Crippen molar-refractivity contribution in [1.29, 1.82) is 0 Å². The van der Waals surface area contributed by atoms with E-state index in [1.807, 2.05) is 0 Å². The minimum absolute atomic E-state index is 0.210. The summed E-state index contributed by atoms with van der Waals surface area (Å²) in [5, 5.41) is 11.7. The first-order valence-corrected chi connectivity index (χ1v) is 9.98. The van der Waals surface area contributed by atoms with Crippen molar-refractivity contribution in [2.24, 2.45) is 0 Å². The predicted octanol–water partition coefficient (Wildman–Crippen LogP) is 3.39. The Morgan fingerprint density at radius 3 is 2.29 bits per heavy atom. The fourth-order valence-electron chi connectivity index (χ4n) is 2.83. The number of benzene rings is 2. The number of hydrogen-bond acceptors (Lipinski definition) is 6.